The Morgan fingerprint density at radius 1 is 0.542 bits per heavy atom. The first-order chi connectivity index (χ1) is 11.5. The Bertz CT molecular complexity index is 255. The van der Waals surface area contributed by atoms with E-state index in [4.69, 9.17) is 0 Å². The van der Waals surface area contributed by atoms with Crippen molar-refractivity contribution < 1.29 is 0 Å². The second-order valence-electron chi connectivity index (χ2n) is 8.91. The van der Waals surface area contributed by atoms with Crippen molar-refractivity contribution >= 4 is 0 Å². The number of rotatable bonds is 16. The van der Waals surface area contributed by atoms with Crippen molar-refractivity contribution in [3.63, 3.8) is 0 Å². The van der Waals surface area contributed by atoms with Gasteiger partial charge in [0, 0.05) is 0 Å². The van der Waals surface area contributed by atoms with E-state index in [1.807, 2.05) is 0 Å². The van der Waals surface area contributed by atoms with Crippen LogP contribution in [0.5, 0.6) is 0 Å². The molecule has 146 valence electrons. The minimum Gasteiger partial charge on any atom is -0.0654 e. The maximum absolute atomic E-state index is 2.56. The van der Waals surface area contributed by atoms with Crippen LogP contribution < -0.4 is 0 Å². The first-order valence-corrected chi connectivity index (χ1v) is 11.5. The quantitative estimate of drug-likeness (QED) is 0.246. The Labute approximate surface area is 155 Å². The smallest absolute Gasteiger partial charge is 0.0334 e. The van der Waals surface area contributed by atoms with E-state index >= 15 is 0 Å². The van der Waals surface area contributed by atoms with Crippen LogP contribution in [0, 0.1) is 29.6 Å². The summed E-state index contributed by atoms with van der Waals surface area (Å²) in [5.74, 6) is 4.49. The van der Waals surface area contributed by atoms with Crippen LogP contribution in [0.1, 0.15) is 126 Å². The fourth-order valence-corrected chi connectivity index (χ4v) is 4.86. The predicted molar refractivity (Wildman–Crippen MR) is 113 cm³/mol. The fraction of sp³-hybridized carbons (Fsp3) is 1.00. The summed E-state index contributed by atoms with van der Waals surface area (Å²) < 4.78 is 0. The van der Waals surface area contributed by atoms with Gasteiger partial charge < -0.3 is 0 Å². The Balaban J connectivity index is 4.66. The minimum absolute atomic E-state index is 0.834. The molecule has 0 aromatic heterocycles. The molecule has 0 fully saturated rings. The van der Waals surface area contributed by atoms with Gasteiger partial charge >= 0.3 is 0 Å². The van der Waals surface area contributed by atoms with Gasteiger partial charge in [-0.3, -0.25) is 0 Å². The van der Waals surface area contributed by atoms with Crippen LogP contribution in [0.4, 0.5) is 0 Å². The molecule has 0 nitrogen and oxygen atoms in total. The van der Waals surface area contributed by atoms with Gasteiger partial charge in [0.15, 0.2) is 0 Å². The highest BCUT2D eigenvalue weighted by Crippen LogP contribution is 2.39. The Kier molecular flexibility index (Phi) is 15.3. The summed E-state index contributed by atoms with van der Waals surface area (Å²) in [6.07, 6.45) is 17.1. The van der Waals surface area contributed by atoms with Gasteiger partial charge in [-0.2, -0.15) is 0 Å². The Hall–Kier alpha value is 0. The molecule has 0 aromatic carbocycles. The van der Waals surface area contributed by atoms with Gasteiger partial charge in [-0.1, -0.05) is 126 Å². The highest BCUT2D eigenvalue weighted by atomic mass is 14.4. The first kappa shape index (κ1) is 24.0. The van der Waals surface area contributed by atoms with E-state index < -0.39 is 0 Å². The van der Waals surface area contributed by atoms with Crippen molar-refractivity contribution in [3.05, 3.63) is 0 Å². The average Bonchev–Trinajstić information content (AvgIpc) is 2.55. The van der Waals surface area contributed by atoms with Gasteiger partial charge in [0.05, 0.1) is 0 Å². The van der Waals surface area contributed by atoms with Gasteiger partial charge in [-0.05, 0) is 29.6 Å². The van der Waals surface area contributed by atoms with Crippen molar-refractivity contribution in [2.75, 3.05) is 0 Å². The molecule has 4 unspecified atom stereocenters. The number of hydrogen-bond donors (Lipinski definition) is 0. The molecule has 0 spiro atoms. The summed E-state index contributed by atoms with van der Waals surface area (Å²) >= 11 is 0. The second-order valence-corrected chi connectivity index (χ2v) is 8.91. The highest BCUT2D eigenvalue weighted by Gasteiger charge is 2.31. The van der Waals surface area contributed by atoms with Crippen LogP contribution in [0.3, 0.4) is 0 Å². The largest absolute Gasteiger partial charge is 0.0654 e. The molecule has 0 rings (SSSR count). The molecule has 0 aliphatic carbocycles. The molecule has 0 aliphatic heterocycles. The number of hydrogen-bond acceptors (Lipinski definition) is 0. The third kappa shape index (κ3) is 10.1. The summed E-state index contributed by atoms with van der Waals surface area (Å²) in [7, 11) is 0. The van der Waals surface area contributed by atoms with E-state index in [0.29, 0.717) is 0 Å². The second kappa shape index (κ2) is 15.3. The summed E-state index contributed by atoms with van der Waals surface area (Å²) in [5, 5.41) is 0. The van der Waals surface area contributed by atoms with Gasteiger partial charge in [-0.25, -0.2) is 0 Å². The van der Waals surface area contributed by atoms with Crippen LogP contribution in [-0.2, 0) is 0 Å². The zero-order valence-electron chi connectivity index (χ0n) is 18.4. The molecule has 0 saturated heterocycles. The molecular weight excluding hydrogens is 288 g/mol. The fourth-order valence-electron chi connectivity index (χ4n) is 4.86. The summed E-state index contributed by atoms with van der Waals surface area (Å²) in [6.45, 7) is 17.1. The standard InChI is InChI=1S/C24H50/c1-8-11-13-14-15-16-19-23(18-12-9-2)24(20(4)5)22(7)21(6)17-10-3/h20-24H,8-19H2,1-7H3. The van der Waals surface area contributed by atoms with Crippen molar-refractivity contribution in [2.45, 2.75) is 126 Å². The molecule has 0 saturated carbocycles. The first-order valence-electron chi connectivity index (χ1n) is 11.5. The lowest BCUT2D eigenvalue weighted by Crippen LogP contribution is -2.30. The van der Waals surface area contributed by atoms with E-state index in [2.05, 4.69) is 48.5 Å². The number of unbranched alkanes of at least 4 members (excludes halogenated alkanes) is 6. The lowest BCUT2D eigenvalue weighted by atomic mass is 9.67. The lowest BCUT2D eigenvalue weighted by Gasteiger charge is -2.38. The molecular formula is C24H50. The van der Waals surface area contributed by atoms with Crippen LogP contribution in [-0.4, -0.2) is 0 Å². The monoisotopic (exact) mass is 338 g/mol. The molecule has 0 heteroatoms. The van der Waals surface area contributed by atoms with Crippen molar-refractivity contribution in [1.82, 2.24) is 0 Å². The molecule has 4 atom stereocenters. The van der Waals surface area contributed by atoms with Crippen LogP contribution in [0.2, 0.25) is 0 Å². The molecule has 0 aromatic rings. The maximum atomic E-state index is 2.56. The van der Waals surface area contributed by atoms with Gasteiger partial charge in [0.25, 0.3) is 0 Å². The average molecular weight is 339 g/mol. The Morgan fingerprint density at radius 2 is 1.08 bits per heavy atom. The van der Waals surface area contributed by atoms with E-state index in [1.54, 1.807) is 0 Å². The Morgan fingerprint density at radius 3 is 1.62 bits per heavy atom. The van der Waals surface area contributed by atoms with Crippen molar-refractivity contribution in [2.24, 2.45) is 29.6 Å². The highest BCUT2D eigenvalue weighted by molar-refractivity contribution is 4.80. The SMILES string of the molecule is CCCCCCCCC(CCCC)C(C(C)C)C(C)C(C)CCC. The van der Waals surface area contributed by atoms with E-state index in [1.165, 1.54) is 77.0 Å². The summed E-state index contributed by atoms with van der Waals surface area (Å²) in [4.78, 5) is 0. The third-order valence-electron chi connectivity index (χ3n) is 6.42. The van der Waals surface area contributed by atoms with E-state index in [0.717, 1.165) is 29.6 Å². The molecule has 0 radical (unpaired) electrons. The van der Waals surface area contributed by atoms with E-state index in [9.17, 15) is 0 Å². The van der Waals surface area contributed by atoms with Gasteiger partial charge in [0.1, 0.15) is 0 Å². The minimum atomic E-state index is 0.834. The molecule has 0 N–H and O–H groups in total. The molecule has 24 heavy (non-hydrogen) atoms. The molecule has 0 heterocycles. The van der Waals surface area contributed by atoms with Crippen molar-refractivity contribution in [1.29, 1.82) is 0 Å². The molecule has 0 aliphatic rings. The summed E-state index contributed by atoms with van der Waals surface area (Å²) in [5.41, 5.74) is 0. The van der Waals surface area contributed by atoms with E-state index in [-0.39, 0.29) is 0 Å². The summed E-state index contributed by atoms with van der Waals surface area (Å²) in [6, 6.07) is 0. The normalized spacial score (nSPS) is 17.0. The van der Waals surface area contributed by atoms with Crippen molar-refractivity contribution in [3.8, 4) is 0 Å². The molecule has 0 bridgehead atoms. The van der Waals surface area contributed by atoms with Gasteiger partial charge in [0.2, 0.25) is 0 Å². The van der Waals surface area contributed by atoms with Gasteiger partial charge in [-0.15, -0.1) is 0 Å². The van der Waals surface area contributed by atoms with Crippen LogP contribution >= 0.6 is 0 Å². The zero-order chi connectivity index (χ0) is 18.4. The predicted octanol–water partition coefficient (Wildman–Crippen LogP) is 8.89. The third-order valence-corrected chi connectivity index (χ3v) is 6.42. The lowest BCUT2D eigenvalue weighted by molar-refractivity contribution is 0.111. The van der Waals surface area contributed by atoms with Crippen LogP contribution in [0.25, 0.3) is 0 Å². The molecule has 0 amide bonds. The maximum Gasteiger partial charge on any atom is -0.0334 e. The zero-order valence-corrected chi connectivity index (χ0v) is 18.4. The topological polar surface area (TPSA) is 0 Å². The van der Waals surface area contributed by atoms with Crippen LogP contribution in [0.15, 0.2) is 0 Å².